The summed E-state index contributed by atoms with van der Waals surface area (Å²) in [6.07, 6.45) is 5.31. The topological polar surface area (TPSA) is 125 Å². The summed E-state index contributed by atoms with van der Waals surface area (Å²) < 4.78 is 12.1. The van der Waals surface area contributed by atoms with Gasteiger partial charge in [-0.05, 0) is 31.7 Å². The molecule has 0 radical (unpaired) electrons. The monoisotopic (exact) mass is 673 g/mol. The lowest BCUT2D eigenvalue weighted by Gasteiger charge is -2.39. The van der Waals surface area contributed by atoms with E-state index in [9.17, 15) is 24.3 Å². The number of esters is 1. The van der Waals surface area contributed by atoms with Crippen molar-refractivity contribution in [3.8, 4) is 0 Å². The van der Waals surface area contributed by atoms with Crippen LogP contribution in [0.1, 0.15) is 57.6 Å². The zero-order valence-corrected chi connectivity index (χ0v) is 27.1. The molecule has 1 aromatic carbocycles. The van der Waals surface area contributed by atoms with E-state index in [1.807, 2.05) is 44.2 Å². The molecule has 4 rings (SSSR count). The summed E-state index contributed by atoms with van der Waals surface area (Å²) in [5.74, 6) is -3.30. The molecule has 0 aliphatic carbocycles. The van der Waals surface area contributed by atoms with Crippen molar-refractivity contribution < 1.29 is 33.8 Å². The molecule has 11 heteroatoms. The molecule has 0 saturated carbocycles. The van der Waals surface area contributed by atoms with Crippen LogP contribution in [-0.2, 0) is 28.7 Å². The quantitative estimate of drug-likeness (QED) is 0.157. The first-order chi connectivity index (χ1) is 21.1. The summed E-state index contributed by atoms with van der Waals surface area (Å²) >= 11 is 3.69. The first-order valence-electron chi connectivity index (χ1n) is 15.4. The number of carbonyl (C=O) groups is 4. The molecule has 0 aromatic heterocycles. The Morgan fingerprint density at radius 3 is 2.64 bits per heavy atom. The number of ether oxygens (including phenoxy) is 2. The lowest BCUT2D eigenvalue weighted by Crippen LogP contribution is -2.58. The number of halogens is 1. The number of rotatable bonds is 16. The fourth-order valence-electron chi connectivity index (χ4n) is 7.06. The molecule has 10 nitrogen and oxygen atoms in total. The van der Waals surface area contributed by atoms with Gasteiger partial charge in [0.1, 0.15) is 18.2 Å². The molecule has 3 heterocycles. The van der Waals surface area contributed by atoms with Crippen LogP contribution < -0.4 is 5.32 Å². The standard InChI is InChI=1S/C33H44BrN3O7/c1-5-8-15-25(39)43-20-24(22-13-10-9-11-14-22)35-30(40)26-27-31(41)37(17-18-38)29(33(27)19-23(34)28(26)44-33)32(42)36(16-7-3)21(4)12-6-2/h5,7,9-11,13-14,21,23-24,26-29,38H,1,3,6,8,12,15-20H2,2,4H3,(H,35,40)/t21?,23?,24-,26-,27+,28-,29-,33+/m1/s1. The van der Waals surface area contributed by atoms with E-state index < -0.39 is 47.5 Å². The van der Waals surface area contributed by atoms with Crippen LogP contribution in [0.4, 0.5) is 0 Å². The van der Waals surface area contributed by atoms with Crippen LogP contribution in [0.2, 0.25) is 0 Å². The van der Waals surface area contributed by atoms with E-state index in [-0.39, 0.29) is 48.9 Å². The predicted octanol–water partition coefficient (Wildman–Crippen LogP) is 3.30. The number of allylic oxidation sites excluding steroid dienone is 1. The Labute approximate surface area is 267 Å². The number of fused-ring (bicyclic) bond motifs is 1. The van der Waals surface area contributed by atoms with Crippen molar-refractivity contribution in [1.82, 2.24) is 15.1 Å². The largest absolute Gasteiger partial charge is 0.463 e. The van der Waals surface area contributed by atoms with Crippen molar-refractivity contribution in [3.63, 3.8) is 0 Å². The van der Waals surface area contributed by atoms with Gasteiger partial charge in [-0.1, -0.05) is 71.8 Å². The predicted molar refractivity (Wildman–Crippen MR) is 168 cm³/mol. The van der Waals surface area contributed by atoms with Crippen molar-refractivity contribution in [1.29, 1.82) is 0 Å². The van der Waals surface area contributed by atoms with Gasteiger partial charge in [-0.25, -0.2) is 0 Å². The van der Waals surface area contributed by atoms with Crippen LogP contribution in [0.3, 0.4) is 0 Å². The highest BCUT2D eigenvalue weighted by atomic mass is 79.9. The Morgan fingerprint density at radius 1 is 1.27 bits per heavy atom. The maximum atomic E-state index is 14.3. The number of aliphatic hydroxyl groups excluding tert-OH is 1. The van der Waals surface area contributed by atoms with E-state index in [1.165, 1.54) is 4.90 Å². The number of hydrogen-bond acceptors (Lipinski definition) is 7. The highest BCUT2D eigenvalue weighted by Crippen LogP contribution is 2.60. The van der Waals surface area contributed by atoms with Gasteiger partial charge in [-0.15, -0.1) is 13.2 Å². The van der Waals surface area contributed by atoms with Crippen LogP contribution in [0.5, 0.6) is 0 Å². The van der Waals surface area contributed by atoms with Crippen molar-refractivity contribution >= 4 is 39.6 Å². The number of benzene rings is 1. The molecule has 3 saturated heterocycles. The molecule has 1 aromatic rings. The van der Waals surface area contributed by atoms with Gasteiger partial charge in [0, 0.05) is 30.4 Å². The van der Waals surface area contributed by atoms with Crippen LogP contribution in [0.15, 0.2) is 55.6 Å². The molecule has 8 atom stereocenters. The van der Waals surface area contributed by atoms with Gasteiger partial charge in [0.15, 0.2) is 0 Å². The molecular formula is C33H44BrN3O7. The van der Waals surface area contributed by atoms with Gasteiger partial charge in [0.25, 0.3) is 0 Å². The van der Waals surface area contributed by atoms with E-state index in [4.69, 9.17) is 9.47 Å². The number of nitrogens with zero attached hydrogens (tertiary/aromatic N) is 2. The zero-order chi connectivity index (χ0) is 32.0. The third-order valence-corrected chi connectivity index (χ3v) is 9.84. The first kappa shape index (κ1) is 33.9. The Bertz CT molecular complexity index is 1230. The third-order valence-electron chi connectivity index (χ3n) is 9.00. The van der Waals surface area contributed by atoms with Gasteiger partial charge in [0.05, 0.1) is 30.6 Å². The number of alkyl halides is 1. The van der Waals surface area contributed by atoms with E-state index in [0.717, 1.165) is 18.4 Å². The molecule has 2 unspecified atom stereocenters. The number of hydrogen-bond donors (Lipinski definition) is 2. The lowest BCUT2D eigenvalue weighted by molar-refractivity contribution is -0.150. The minimum Gasteiger partial charge on any atom is -0.463 e. The van der Waals surface area contributed by atoms with Crippen molar-refractivity contribution in [2.45, 2.75) is 80.6 Å². The van der Waals surface area contributed by atoms with Gasteiger partial charge >= 0.3 is 5.97 Å². The fraction of sp³-hybridized carbons (Fsp3) is 0.576. The summed E-state index contributed by atoms with van der Waals surface area (Å²) in [6, 6.07) is 7.41. The maximum Gasteiger partial charge on any atom is 0.306 e. The van der Waals surface area contributed by atoms with Gasteiger partial charge in [0.2, 0.25) is 17.7 Å². The molecule has 3 fully saturated rings. The average Bonchev–Trinajstić information content (AvgIpc) is 3.60. The highest BCUT2D eigenvalue weighted by molar-refractivity contribution is 9.09. The van der Waals surface area contributed by atoms with Crippen LogP contribution in [-0.4, -0.2) is 93.5 Å². The van der Waals surface area contributed by atoms with E-state index in [0.29, 0.717) is 19.4 Å². The number of likely N-dealkylation sites (tertiary alicyclic amines) is 1. The number of carbonyl (C=O) groups excluding carboxylic acids is 4. The van der Waals surface area contributed by atoms with Crippen molar-refractivity contribution in [2.75, 3.05) is 26.3 Å². The fourth-order valence-corrected chi connectivity index (χ4v) is 8.00. The molecule has 1 spiro atoms. The van der Waals surface area contributed by atoms with E-state index in [1.54, 1.807) is 17.1 Å². The number of amides is 3. The van der Waals surface area contributed by atoms with Crippen LogP contribution in [0.25, 0.3) is 0 Å². The number of β-amino-alcohol motifs (C(OH)–C–C–N with tert-alkyl or cyclic N) is 1. The maximum absolute atomic E-state index is 14.3. The SMILES string of the molecule is C=CCCC(=O)OC[C@@H](NC(=O)[C@H]1[C@@H]2O[C@@]3(CC2Br)[C@@H]1C(=O)N(CCO)[C@@H]3C(=O)N(CC=C)C(C)CCC)c1ccccc1. The van der Waals surface area contributed by atoms with Gasteiger partial charge in [-0.3, -0.25) is 19.2 Å². The van der Waals surface area contributed by atoms with E-state index in [2.05, 4.69) is 34.4 Å². The normalized spacial score (nSPS) is 28.2. The summed E-state index contributed by atoms with van der Waals surface area (Å²) in [5.41, 5.74) is -0.501. The van der Waals surface area contributed by atoms with Crippen LogP contribution in [0, 0.1) is 11.8 Å². The molecule has 2 bridgehead atoms. The molecule has 3 aliphatic rings. The third kappa shape index (κ3) is 6.50. The smallest absolute Gasteiger partial charge is 0.306 e. The first-order valence-corrected chi connectivity index (χ1v) is 16.3. The van der Waals surface area contributed by atoms with Crippen molar-refractivity contribution in [3.05, 3.63) is 61.2 Å². The second-order valence-corrected chi connectivity index (χ2v) is 13.0. The molecule has 44 heavy (non-hydrogen) atoms. The van der Waals surface area contributed by atoms with Gasteiger partial charge < -0.3 is 29.7 Å². The second-order valence-electron chi connectivity index (χ2n) is 11.8. The average molecular weight is 675 g/mol. The summed E-state index contributed by atoms with van der Waals surface area (Å²) in [7, 11) is 0. The van der Waals surface area contributed by atoms with E-state index >= 15 is 0 Å². The Hall–Kier alpha value is -3.02. The molecule has 3 amide bonds. The minimum atomic E-state index is -1.24. The summed E-state index contributed by atoms with van der Waals surface area (Å²) in [6.45, 7) is 11.3. The zero-order valence-electron chi connectivity index (χ0n) is 25.5. The lowest BCUT2D eigenvalue weighted by atomic mass is 9.70. The molecule has 3 aliphatic heterocycles. The van der Waals surface area contributed by atoms with Crippen molar-refractivity contribution in [2.24, 2.45) is 11.8 Å². The highest BCUT2D eigenvalue weighted by Gasteiger charge is 2.76. The number of nitrogens with one attached hydrogen (secondary N) is 1. The molecule has 2 N–H and O–H groups in total. The Balaban J connectivity index is 1.65. The van der Waals surface area contributed by atoms with Gasteiger partial charge in [-0.2, -0.15) is 0 Å². The Morgan fingerprint density at radius 2 is 2.00 bits per heavy atom. The summed E-state index contributed by atoms with van der Waals surface area (Å²) in [5, 5.41) is 13.0. The minimum absolute atomic E-state index is 0.0554. The second kappa shape index (κ2) is 14.8. The Kier molecular flexibility index (Phi) is 11.4. The van der Waals surface area contributed by atoms with Crippen LogP contribution >= 0.6 is 15.9 Å². The molecular weight excluding hydrogens is 630 g/mol. The number of aliphatic hydroxyl groups is 1. The summed E-state index contributed by atoms with van der Waals surface area (Å²) in [4.78, 5) is 57.7. The molecule has 240 valence electrons.